The predicted molar refractivity (Wildman–Crippen MR) is 61.2 cm³/mol. The van der Waals surface area contributed by atoms with Gasteiger partial charge in [-0.05, 0) is 18.4 Å². The first-order valence-electron chi connectivity index (χ1n) is 4.60. The van der Waals surface area contributed by atoms with Gasteiger partial charge in [0.05, 0.1) is 12.4 Å². The van der Waals surface area contributed by atoms with Crippen molar-refractivity contribution < 1.29 is 0 Å². The van der Waals surface area contributed by atoms with Crippen LogP contribution in [0, 0.1) is 0 Å². The SMILES string of the molecule is CC(Nc1cc(=O)[nH]cn1)c1cccs1. The van der Waals surface area contributed by atoms with E-state index < -0.39 is 0 Å². The average Bonchev–Trinajstić information content (AvgIpc) is 2.70. The highest BCUT2D eigenvalue weighted by Crippen LogP contribution is 2.21. The molecular formula is C10H11N3OS. The molecule has 2 N–H and O–H groups in total. The van der Waals surface area contributed by atoms with Gasteiger partial charge in [-0.1, -0.05) is 6.07 Å². The zero-order chi connectivity index (χ0) is 10.7. The van der Waals surface area contributed by atoms with Crippen LogP contribution in [0.4, 0.5) is 5.82 Å². The monoisotopic (exact) mass is 221 g/mol. The van der Waals surface area contributed by atoms with Gasteiger partial charge in [0.25, 0.3) is 5.56 Å². The van der Waals surface area contributed by atoms with Crippen LogP contribution in [0.25, 0.3) is 0 Å². The fraction of sp³-hybridized carbons (Fsp3) is 0.200. The average molecular weight is 221 g/mol. The Bertz CT molecular complexity index is 477. The van der Waals surface area contributed by atoms with Gasteiger partial charge in [0.2, 0.25) is 0 Å². The zero-order valence-corrected chi connectivity index (χ0v) is 9.04. The Hall–Kier alpha value is -1.62. The molecule has 2 aromatic heterocycles. The number of rotatable bonds is 3. The molecule has 2 aromatic rings. The van der Waals surface area contributed by atoms with E-state index in [4.69, 9.17) is 0 Å². The lowest BCUT2D eigenvalue weighted by molar-refractivity contribution is 0.891. The highest BCUT2D eigenvalue weighted by Gasteiger charge is 2.06. The molecule has 0 bridgehead atoms. The van der Waals surface area contributed by atoms with Gasteiger partial charge in [-0.3, -0.25) is 4.79 Å². The minimum absolute atomic E-state index is 0.147. The van der Waals surface area contributed by atoms with Gasteiger partial charge in [-0.15, -0.1) is 11.3 Å². The third-order valence-electron chi connectivity index (χ3n) is 2.01. The molecule has 0 spiro atoms. The van der Waals surface area contributed by atoms with E-state index in [2.05, 4.69) is 21.4 Å². The first-order valence-corrected chi connectivity index (χ1v) is 5.48. The largest absolute Gasteiger partial charge is 0.363 e. The molecule has 4 nitrogen and oxygen atoms in total. The number of anilines is 1. The molecule has 0 amide bonds. The van der Waals surface area contributed by atoms with Gasteiger partial charge in [-0.25, -0.2) is 4.98 Å². The maximum Gasteiger partial charge on any atom is 0.252 e. The Kier molecular flexibility index (Phi) is 2.82. The van der Waals surface area contributed by atoms with Crippen molar-refractivity contribution in [3.63, 3.8) is 0 Å². The first-order chi connectivity index (χ1) is 7.25. The first kappa shape index (κ1) is 9.92. The summed E-state index contributed by atoms with van der Waals surface area (Å²) < 4.78 is 0. The third-order valence-corrected chi connectivity index (χ3v) is 3.07. The van der Waals surface area contributed by atoms with E-state index in [1.807, 2.05) is 18.4 Å². The standard InChI is InChI=1S/C10H11N3OS/c1-7(8-3-2-4-15-8)13-9-5-10(14)12-6-11-9/h2-7H,1H3,(H2,11,12,13,14). The minimum Gasteiger partial charge on any atom is -0.363 e. The lowest BCUT2D eigenvalue weighted by atomic mass is 10.3. The number of aromatic amines is 1. The van der Waals surface area contributed by atoms with Gasteiger partial charge in [0.15, 0.2) is 0 Å². The van der Waals surface area contributed by atoms with Crippen LogP contribution in [0.5, 0.6) is 0 Å². The lowest BCUT2D eigenvalue weighted by Crippen LogP contribution is -2.11. The molecule has 1 unspecified atom stereocenters. The Labute approximate surface area is 91.0 Å². The van der Waals surface area contributed by atoms with Gasteiger partial charge >= 0.3 is 0 Å². The smallest absolute Gasteiger partial charge is 0.252 e. The van der Waals surface area contributed by atoms with Crippen LogP contribution in [-0.4, -0.2) is 9.97 Å². The fourth-order valence-corrected chi connectivity index (χ4v) is 2.01. The highest BCUT2D eigenvalue weighted by atomic mass is 32.1. The number of H-pyrrole nitrogens is 1. The number of nitrogens with one attached hydrogen (secondary N) is 2. The molecule has 0 radical (unpaired) electrons. The molecular weight excluding hydrogens is 210 g/mol. The van der Waals surface area contributed by atoms with Crippen molar-refractivity contribution in [2.75, 3.05) is 5.32 Å². The molecule has 0 fully saturated rings. The van der Waals surface area contributed by atoms with Crippen molar-refractivity contribution in [3.05, 3.63) is 45.1 Å². The van der Waals surface area contributed by atoms with Crippen molar-refractivity contribution in [3.8, 4) is 0 Å². The molecule has 78 valence electrons. The highest BCUT2D eigenvalue weighted by molar-refractivity contribution is 7.10. The van der Waals surface area contributed by atoms with Crippen molar-refractivity contribution >= 4 is 17.2 Å². The van der Waals surface area contributed by atoms with E-state index in [0.29, 0.717) is 5.82 Å². The van der Waals surface area contributed by atoms with Crippen molar-refractivity contribution in [1.82, 2.24) is 9.97 Å². The van der Waals surface area contributed by atoms with Crippen molar-refractivity contribution in [1.29, 1.82) is 0 Å². The van der Waals surface area contributed by atoms with Gasteiger partial charge in [-0.2, -0.15) is 0 Å². The van der Waals surface area contributed by atoms with E-state index >= 15 is 0 Å². The number of hydrogen-bond acceptors (Lipinski definition) is 4. The molecule has 0 saturated heterocycles. The molecule has 0 saturated carbocycles. The third kappa shape index (κ3) is 2.44. The van der Waals surface area contributed by atoms with E-state index in [1.165, 1.54) is 17.3 Å². The van der Waals surface area contributed by atoms with E-state index in [-0.39, 0.29) is 11.6 Å². The van der Waals surface area contributed by atoms with Crippen molar-refractivity contribution in [2.45, 2.75) is 13.0 Å². The second kappa shape index (κ2) is 4.27. The summed E-state index contributed by atoms with van der Waals surface area (Å²) in [6.45, 7) is 2.04. The second-order valence-electron chi connectivity index (χ2n) is 3.18. The quantitative estimate of drug-likeness (QED) is 0.833. The number of nitrogens with zero attached hydrogens (tertiary/aromatic N) is 1. The number of hydrogen-bond donors (Lipinski definition) is 2. The van der Waals surface area contributed by atoms with Crippen LogP contribution in [0.15, 0.2) is 34.7 Å². The Balaban J connectivity index is 2.12. The minimum atomic E-state index is -0.147. The van der Waals surface area contributed by atoms with Gasteiger partial charge in [0, 0.05) is 10.9 Å². The topological polar surface area (TPSA) is 57.8 Å². The van der Waals surface area contributed by atoms with E-state index in [1.54, 1.807) is 11.3 Å². The maximum atomic E-state index is 11.0. The molecule has 0 aliphatic rings. The molecule has 0 aliphatic carbocycles. The molecule has 2 rings (SSSR count). The summed E-state index contributed by atoms with van der Waals surface area (Å²) in [6.07, 6.45) is 1.39. The normalized spacial score (nSPS) is 12.3. The molecule has 0 aromatic carbocycles. The number of thiophene rings is 1. The Morgan fingerprint density at radius 2 is 2.47 bits per heavy atom. The van der Waals surface area contributed by atoms with Crippen LogP contribution in [-0.2, 0) is 0 Å². The summed E-state index contributed by atoms with van der Waals surface area (Å²) in [4.78, 5) is 18.7. The molecule has 15 heavy (non-hydrogen) atoms. The molecule has 1 atom stereocenters. The van der Waals surface area contributed by atoms with Crippen LogP contribution in [0.3, 0.4) is 0 Å². The fourth-order valence-electron chi connectivity index (χ4n) is 1.28. The van der Waals surface area contributed by atoms with Gasteiger partial charge < -0.3 is 10.3 Å². The summed E-state index contributed by atoms with van der Waals surface area (Å²) in [7, 11) is 0. The summed E-state index contributed by atoms with van der Waals surface area (Å²) in [5.74, 6) is 0.597. The molecule has 5 heteroatoms. The Morgan fingerprint density at radius 1 is 1.60 bits per heavy atom. The molecule has 2 heterocycles. The van der Waals surface area contributed by atoms with Crippen LogP contribution in [0.1, 0.15) is 17.8 Å². The predicted octanol–water partition coefficient (Wildman–Crippen LogP) is 2.00. The van der Waals surface area contributed by atoms with E-state index in [0.717, 1.165) is 0 Å². The van der Waals surface area contributed by atoms with Crippen LogP contribution in [0.2, 0.25) is 0 Å². The lowest BCUT2D eigenvalue weighted by Gasteiger charge is -2.11. The zero-order valence-electron chi connectivity index (χ0n) is 8.23. The Morgan fingerprint density at radius 3 is 3.13 bits per heavy atom. The summed E-state index contributed by atoms with van der Waals surface area (Å²) in [6, 6.07) is 5.67. The summed E-state index contributed by atoms with van der Waals surface area (Å²) in [5, 5.41) is 5.19. The second-order valence-corrected chi connectivity index (χ2v) is 4.16. The number of aromatic nitrogens is 2. The van der Waals surface area contributed by atoms with E-state index in [9.17, 15) is 4.79 Å². The van der Waals surface area contributed by atoms with Crippen LogP contribution < -0.4 is 10.9 Å². The maximum absolute atomic E-state index is 11.0. The summed E-state index contributed by atoms with van der Waals surface area (Å²) >= 11 is 1.68. The summed E-state index contributed by atoms with van der Waals surface area (Å²) in [5.41, 5.74) is -0.147. The van der Waals surface area contributed by atoms with Crippen LogP contribution >= 0.6 is 11.3 Å². The van der Waals surface area contributed by atoms with Gasteiger partial charge in [0.1, 0.15) is 5.82 Å². The molecule has 0 aliphatic heterocycles. The van der Waals surface area contributed by atoms with Crippen molar-refractivity contribution in [2.24, 2.45) is 0 Å².